The van der Waals surface area contributed by atoms with E-state index in [1.807, 2.05) is 39.6 Å². The maximum atomic E-state index is 13.2. The molecule has 2 aliphatic heterocycles. The van der Waals surface area contributed by atoms with E-state index in [1.165, 1.54) is 16.7 Å². The van der Waals surface area contributed by atoms with Crippen molar-refractivity contribution in [1.29, 1.82) is 0 Å². The molecule has 42 heavy (non-hydrogen) atoms. The number of β-lactam (4-membered cyclic amide) rings is 1. The molecule has 2 aliphatic rings. The molecular weight excluding hydrogens is 606 g/mol. The number of carboxylic acid groups (broad SMARTS) is 1. The lowest BCUT2D eigenvalue weighted by Gasteiger charge is -2.50. The first-order chi connectivity index (χ1) is 19.8. The van der Waals surface area contributed by atoms with Gasteiger partial charge in [-0.2, -0.15) is 4.40 Å². The highest BCUT2D eigenvalue weighted by Crippen LogP contribution is 2.40. The van der Waals surface area contributed by atoms with Crippen LogP contribution >= 0.6 is 35.5 Å². The third-order valence-corrected chi connectivity index (χ3v) is 8.55. The van der Waals surface area contributed by atoms with Crippen LogP contribution in [-0.4, -0.2) is 74.6 Å². The number of carbonyl (C=O) groups excluding carboxylic acids is 3. The minimum absolute atomic E-state index is 0. The second-order valence-corrected chi connectivity index (χ2v) is 11.2. The highest BCUT2D eigenvalue weighted by molar-refractivity contribution is 8.00. The molecule has 1 fully saturated rings. The number of fused-ring (bicyclic) bond motifs is 2. The lowest BCUT2D eigenvalue weighted by Crippen LogP contribution is -2.71. The summed E-state index contributed by atoms with van der Waals surface area (Å²) in [6, 6.07) is 4.81. The lowest BCUT2D eigenvalue weighted by atomic mass is 10.0. The van der Waals surface area contributed by atoms with Crippen LogP contribution in [0.25, 0.3) is 5.65 Å². The number of nitrogen functional groups attached to an aromatic ring is 1. The number of hydrogen-bond acceptors (Lipinski definition) is 12. The van der Waals surface area contributed by atoms with Crippen molar-refractivity contribution in [1.82, 2.24) is 19.6 Å². The second-order valence-electron chi connectivity index (χ2n) is 9.16. The Bertz CT molecular complexity index is 1560. The maximum Gasteiger partial charge on any atom is 0.288 e. The van der Waals surface area contributed by atoms with Gasteiger partial charge in [0.05, 0.1) is 11.7 Å². The molecule has 0 aromatic carbocycles. The van der Waals surface area contributed by atoms with Gasteiger partial charge in [-0.1, -0.05) is 5.16 Å². The Labute approximate surface area is 255 Å². The Morgan fingerprint density at radius 2 is 2.17 bits per heavy atom. The number of carboxylic acids is 1. The quantitative estimate of drug-likeness (QED) is 0.0649. The van der Waals surface area contributed by atoms with Crippen LogP contribution in [0.15, 0.2) is 52.4 Å². The minimum Gasteiger partial charge on any atom is -0.543 e. The van der Waals surface area contributed by atoms with E-state index in [9.17, 15) is 19.5 Å². The van der Waals surface area contributed by atoms with Gasteiger partial charge in [0.1, 0.15) is 42.7 Å². The van der Waals surface area contributed by atoms with Crippen molar-refractivity contribution in [3.63, 3.8) is 0 Å². The van der Waals surface area contributed by atoms with Gasteiger partial charge in [0.2, 0.25) is 0 Å². The molecule has 224 valence electrons. The maximum absolute atomic E-state index is 13.2. The summed E-state index contributed by atoms with van der Waals surface area (Å²) in [7, 11) is 0. The third-order valence-electron chi connectivity index (χ3n) is 6.54. The van der Waals surface area contributed by atoms with E-state index >= 15 is 0 Å². The van der Waals surface area contributed by atoms with Crippen LogP contribution in [0.4, 0.5) is 10.9 Å². The number of aromatic nitrogens is 3. The molecule has 6 N–H and O–H groups in total. The van der Waals surface area contributed by atoms with Crippen molar-refractivity contribution in [2.45, 2.75) is 31.3 Å². The third kappa shape index (κ3) is 6.01. The number of oxime groups is 1. The molecule has 2 amide bonds. The Kier molecular flexibility index (Phi) is 9.93. The van der Waals surface area contributed by atoms with E-state index in [-0.39, 0.29) is 47.8 Å². The molecule has 3 aromatic rings. The van der Waals surface area contributed by atoms with E-state index in [0.717, 1.165) is 35.8 Å². The van der Waals surface area contributed by atoms with Crippen LogP contribution in [0.2, 0.25) is 0 Å². The predicted octanol–water partition coefficient (Wildman–Crippen LogP) is -0.707. The fraction of sp³-hybridized carbons (Fsp3) is 0.360. The minimum atomic E-state index is -1.45. The van der Waals surface area contributed by atoms with Crippen molar-refractivity contribution >= 4 is 75.6 Å². The molecule has 0 spiro atoms. The summed E-state index contributed by atoms with van der Waals surface area (Å²) in [6.07, 6.45) is 4.56. The highest BCUT2D eigenvalue weighted by Gasteiger charge is 2.53. The number of imidazole rings is 1. The van der Waals surface area contributed by atoms with Crippen molar-refractivity contribution in [2.75, 3.05) is 36.5 Å². The Balaban J connectivity index is 0.00000405. The Hall–Kier alpha value is -3.86. The number of nitrogens with zero attached hydrogens (tertiary/aromatic N) is 5. The zero-order chi connectivity index (χ0) is 29.1. The number of aliphatic carboxylic acids is 1. The SMILES string of the molecule is CCO/N=C(\C(=O)N[C@@H]1C(=O)N2C(C(=O)[O-])=C(C[n+]3ccn4c(NCCCN)cccc43)CS[C@H]12)c1csc(N)n1.Cl. The van der Waals surface area contributed by atoms with Gasteiger partial charge in [-0.25, -0.2) is 9.55 Å². The van der Waals surface area contributed by atoms with Crippen LogP contribution in [0, 0.1) is 0 Å². The van der Waals surface area contributed by atoms with E-state index in [1.54, 1.807) is 12.3 Å². The molecule has 5 heterocycles. The summed E-state index contributed by atoms with van der Waals surface area (Å²) in [6.45, 7) is 3.46. The average Bonchev–Trinajstić information content (AvgIpc) is 3.58. The van der Waals surface area contributed by atoms with Gasteiger partial charge in [0, 0.05) is 35.4 Å². The summed E-state index contributed by atoms with van der Waals surface area (Å²) in [5, 5.41) is 23.3. The zero-order valence-electron chi connectivity index (χ0n) is 22.5. The van der Waals surface area contributed by atoms with Crippen LogP contribution < -0.4 is 31.8 Å². The second kappa shape index (κ2) is 13.4. The molecule has 1 saturated heterocycles. The predicted molar refractivity (Wildman–Crippen MR) is 159 cm³/mol. The molecule has 14 nitrogen and oxygen atoms in total. The topological polar surface area (TPSA) is 196 Å². The lowest BCUT2D eigenvalue weighted by molar-refractivity contribution is -0.662. The molecule has 0 bridgehead atoms. The summed E-state index contributed by atoms with van der Waals surface area (Å²) < 4.78 is 3.87. The fourth-order valence-electron chi connectivity index (χ4n) is 4.66. The van der Waals surface area contributed by atoms with Crippen molar-refractivity contribution in [2.24, 2.45) is 10.9 Å². The molecule has 17 heteroatoms. The van der Waals surface area contributed by atoms with E-state index in [2.05, 4.69) is 20.8 Å². The smallest absolute Gasteiger partial charge is 0.288 e. The molecule has 3 aromatic heterocycles. The van der Waals surface area contributed by atoms with Crippen LogP contribution in [0.3, 0.4) is 0 Å². The number of amides is 2. The zero-order valence-corrected chi connectivity index (χ0v) is 25.0. The monoisotopic (exact) mass is 635 g/mol. The number of nitrogens with one attached hydrogen (secondary N) is 2. The van der Waals surface area contributed by atoms with Gasteiger partial charge in [0.15, 0.2) is 16.7 Å². The molecule has 2 atom stereocenters. The number of thiazole rings is 1. The number of hydrogen-bond donors (Lipinski definition) is 4. The van der Waals surface area contributed by atoms with Gasteiger partial charge in [0.25, 0.3) is 17.5 Å². The molecular formula is C25H30ClN9O5S2. The van der Waals surface area contributed by atoms with E-state index in [4.69, 9.17) is 16.3 Å². The summed E-state index contributed by atoms with van der Waals surface area (Å²) in [5.41, 5.74) is 12.6. The van der Waals surface area contributed by atoms with E-state index in [0.29, 0.717) is 17.9 Å². The molecule has 0 aliphatic carbocycles. The van der Waals surface area contributed by atoms with Crippen LogP contribution in [0.1, 0.15) is 19.0 Å². The molecule has 5 rings (SSSR count). The first-order valence-electron chi connectivity index (χ1n) is 12.9. The van der Waals surface area contributed by atoms with Crippen molar-refractivity contribution in [3.05, 3.63) is 52.9 Å². The molecule has 0 radical (unpaired) electrons. The number of halogens is 1. The number of rotatable bonds is 12. The number of nitrogens with two attached hydrogens (primary N) is 2. The first-order valence-corrected chi connectivity index (χ1v) is 14.8. The Morgan fingerprint density at radius 1 is 1.36 bits per heavy atom. The number of carbonyl (C=O) groups is 3. The van der Waals surface area contributed by atoms with Crippen molar-refractivity contribution in [3.8, 4) is 0 Å². The highest BCUT2D eigenvalue weighted by atomic mass is 35.5. The molecule has 0 saturated carbocycles. The Morgan fingerprint density at radius 3 is 2.86 bits per heavy atom. The number of pyridine rings is 1. The number of thioether (sulfide) groups is 1. The van der Waals surface area contributed by atoms with Gasteiger partial charge in [-0.05, 0) is 26.0 Å². The van der Waals surface area contributed by atoms with Gasteiger partial charge >= 0.3 is 0 Å². The van der Waals surface area contributed by atoms with E-state index < -0.39 is 29.2 Å². The standard InChI is InChI=1S/C25H29N9O5S2.ClH/c1-2-39-31-18(15-13-41-25(27)29-15)21(35)30-19-22(36)34-20(24(37)38)14(12-40-23(19)34)11-32-9-10-33-16(28-8-4-7-26)5-3-6-17(32)33;/h3,5-6,9-10,13,19,23H,2,4,7-8,11-12,26H2,1H3,(H4,27,29,30,35,37,38);1H/b31-18-;/t19-,23-;/m1./s1. The van der Waals surface area contributed by atoms with Crippen LogP contribution in [-0.2, 0) is 25.8 Å². The summed E-state index contributed by atoms with van der Waals surface area (Å²) in [5.74, 6) is -1.48. The normalized spacial score (nSPS) is 18.3. The van der Waals surface area contributed by atoms with Gasteiger partial charge in [-0.3, -0.25) is 14.5 Å². The largest absolute Gasteiger partial charge is 0.543 e. The van der Waals surface area contributed by atoms with Gasteiger partial charge < -0.3 is 36.8 Å². The fourth-order valence-corrected chi connectivity index (χ4v) is 6.54. The number of anilines is 2. The summed E-state index contributed by atoms with van der Waals surface area (Å²) in [4.78, 5) is 48.9. The molecule has 0 unspecified atom stereocenters. The van der Waals surface area contributed by atoms with Gasteiger partial charge in [-0.15, -0.1) is 35.5 Å². The van der Waals surface area contributed by atoms with Crippen molar-refractivity contribution < 1.29 is 28.9 Å². The summed E-state index contributed by atoms with van der Waals surface area (Å²) >= 11 is 2.49. The average molecular weight is 636 g/mol. The van der Waals surface area contributed by atoms with Crippen LogP contribution in [0.5, 0.6) is 0 Å². The first kappa shape index (κ1) is 31.1.